The Labute approximate surface area is 215 Å². The number of rotatable bonds is 6. The van der Waals surface area contributed by atoms with Crippen LogP contribution in [-0.2, 0) is 16.1 Å². The second-order valence-electron chi connectivity index (χ2n) is 8.80. The van der Waals surface area contributed by atoms with Gasteiger partial charge in [0.2, 0.25) is 5.91 Å². The molecule has 5 heteroatoms. The zero-order chi connectivity index (χ0) is 24.5. The van der Waals surface area contributed by atoms with E-state index >= 15 is 0 Å². The standard InChI is InChI=1S/C30H29BrN2O2/c31-27-19-11-10-18-26(27)29(30(35)32-25-16-8-3-9-17-25)33(22-24-14-6-2-7-15-24)28(34)21-20-23-12-4-1-5-13-23/h1-2,4-7,10-15,18-19,25,29H,3,8-9,16-17,22H2,(H,32,35). The Morgan fingerprint density at radius 1 is 0.886 bits per heavy atom. The van der Waals surface area contributed by atoms with Gasteiger partial charge in [0.1, 0.15) is 6.04 Å². The molecule has 1 N–H and O–H groups in total. The molecule has 0 bridgehead atoms. The van der Waals surface area contributed by atoms with Crippen molar-refractivity contribution in [1.29, 1.82) is 0 Å². The molecule has 1 unspecified atom stereocenters. The summed E-state index contributed by atoms with van der Waals surface area (Å²) in [4.78, 5) is 29.0. The Balaban J connectivity index is 1.72. The largest absolute Gasteiger partial charge is 0.351 e. The molecule has 0 saturated heterocycles. The average molecular weight is 529 g/mol. The predicted octanol–water partition coefficient (Wildman–Crippen LogP) is 6.02. The molecule has 4 rings (SSSR count). The summed E-state index contributed by atoms with van der Waals surface area (Å²) >= 11 is 3.62. The van der Waals surface area contributed by atoms with Gasteiger partial charge in [-0.1, -0.05) is 108 Å². The quantitative estimate of drug-likeness (QED) is 0.397. The normalized spacial score (nSPS) is 14.3. The fourth-order valence-electron chi connectivity index (χ4n) is 4.45. The number of nitrogens with zero attached hydrogens (tertiary/aromatic N) is 1. The first-order chi connectivity index (χ1) is 17.1. The highest BCUT2D eigenvalue weighted by atomic mass is 79.9. The molecule has 0 aliphatic heterocycles. The van der Waals surface area contributed by atoms with Crippen molar-refractivity contribution in [3.8, 4) is 11.8 Å². The molecular weight excluding hydrogens is 500 g/mol. The molecule has 3 aromatic rings. The van der Waals surface area contributed by atoms with Crippen LogP contribution in [-0.4, -0.2) is 22.8 Å². The van der Waals surface area contributed by atoms with Gasteiger partial charge in [0.05, 0.1) is 0 Å². The SMILES string of the molecule is O=C(NC1CCCCC1)C(c1ccccc1Br)N(Cc1ccccc1)C(=O)C#Cc1ccccc1. The summed E-state index contributed by atoms with van der Waals surface area (Å²) in [6.07, 6.45) is 5.36. The van der Waals surface area contributed by atoms with Crippen molar-refractivity contribution in [2.45, 2.75) is 50.7 Å². The van der Waals surface area contributed by atoms with Crippen molar-refractivity contribution in [3.05, 3.63) is 106 Å². The third kappa shape index (κ3) is 6.83. The zero-order valence-corrected chi connectivity index (χ0v) is 21.2. The summed E-state index contributed by atoms with van der Waals surface area (Å²) in [5.74, 6) is 5.19. The first-order valence-electron chi connectivity index (χ1n) is 12.1. The lowest BCUT2D eigenvalue weighted by Gasteiger charge is -2.33. The number of benzene rings is 3. The van der Waals surface area contributed by atoms with E-state index in [2.05, 4.69) is 33.1 Å². The van der Waals surface area contributed by atoms with Crippen molar-refractivity contribution in [2.75, 3.05) is 0 Å². The number of hydrogen-bond acceptors (Lipinski definition) is 2. The minimum absolute atomic E-state index is 0.130. The summed E-state index contributed by atoms with van der Waals surface area (Å²) in [6.45, 7) is 0.271. The van der Waals surface area contributed by atoms with Crippen molar-refractivity contribution in [2.24, 2.45) is 0 Å². The second-order valence-corrected chi connectivity index (χ2v) is 9.66. The smallest absolute Gasteiger partial charge is 0.300 e. The van der Waals surface area contributed by atoms with Gasteiger partial charge in [0.15, 0.2) is 0 Å². The van der Waals surface area contributed by atoms with E-state index in [9.17, 15) is 9.59 Å². The molecule has 0 aromatic heterocycles. The van der Waals surface area contributed by atoms with Crippen LogP contribution in [0.2, 0.25) is 0 Å². The molecule has 178 valence electrons. The summed E-state index contributed by atoms with van der Waals surface area (Å²) in [7, 11) is 0. The molecule has 0 heterocycles. The molecule has 1 aliphatic carbocycles. The molecule has 0 radical (unpaired) electrons. The van der Waals surface area contributed by atoms with Gasteiger partial charge in [-0.15, -0.1) is 0 Å². The van der Waals surface area contributed by atoms with Crippen LogP contribution in [0.1, 0.15) is 54.8 Å². The van der Waals surface area contributed by atoms with Crippen LogP contribution in [0.15, 0.2) is 89.4 Å². The van der Waals surface area contributed by atoms with E-state index < -0.39 is 11.9 Å². The molecule has 4 nitrogen and oxygen atoms in total. The van der Waals surface area contributed by atoms with Gasteiger partial charge in [0.25, 0.3) is 5.91 Å². The minimum Gasteiger partial charge on any atom is -0.351 e. The van der Waals surface area contributed by atoms with Crippen LogP contribution in [0, 0.1) is 11.8 Å². The van der Waals surface area contributed by atoms with E-state index in [0.29, 0.717) is 0 Å². The topological polar surface area (TPSA) is 49.4 Å². The van der Waals surface area contributed by atoms with E-state index in [-0.39, 0.29) is 18.5 Å². The Hall–Kier alpha value is -3.36. The van der Waals surface area contributed by atoms with Crippen LogP contribution in [0.4, 0.5) is 0 Å². The molecule has 1 aliphatic rings. The van der Waals surface area contributed by atoms with E-state index in [4.69, 9.17) is 0 Å². The maximum atomic E-state index is 13.8. The molecule has 35 heavy (non-hydrogen) atoms. The molecular formula is C30H29BrN2O2. The molecule has 1 saturated carbocycles. The lowest BCUT2D eigenvalue weighted by Crippen LogP contribution is -2.46. The maximum Gasteiger partial charge on any atom is 0.300 e. The first kappa shape index (κ1) is 24.8. The average Bonchev–Trinajstić information content (AvgIpc) is 2.90. The molecule has 3 aromatic carbocycles. The number of carbonyl (C=O) groups excluding carboxylic acids is 2. The molecule has 1 fully saturated rings. The third-order valence-corrected chi connectivity index (χ3v) is 6.98. The summed E-state index contributed by atoms with van der Waals surface area (Å²) < 4.78 is 0.783. The maximum absolute atomic E-state index is 13.8. The van der Waals surface area contributed by atoms with Crippen molar-refractivity contribution >= 4 is 27.7 Å². The van der Waals surface area contributed by atoms with Crippen LogP contribution in [0.3, 0.4) is 0 Å². The summed E-state index contributed by atoms with van der Waals surface area (Å²) in [5, 5.41) is 3.24. The van der Waals surface area contributed by atoms with Crippen LogP contribution in [0.25, 0.3) is 0 Å². The fraction of sp³-hybridized carbons (Fsp3) is 0.267. The highest BCUT2D eigenvalue weighted by Gasteiger charge is 2.33. The van der Waals surface area contributed by atoms with Gasteiger partial charge in [0, 0.05) is 28.5 Å². The summed E-state index contributed by atoms with van der Waals surface area (Å²) in [5.41, 5.74) is 2.43. The lowest BCUT2D eigenvalue weighted by molar-refractivity contribution is -0.138. The van der Waals surface area contributed by atoms with Gasteiger partial charge < -0.3 is 10.2 Å². The Bertz CT molecular complexity index is 1200. The first-order valence-corrected chi connectivity index (χ1v) is 12.9. The monoisotopic (exact) mass is 528 g/mol. The van der Waals surface area contributed by atoms with Gasteiger partial charge in [-0.25, -0.2) is 0 Å². The highest BCUT2D eigenvalue weighted by Crippen LogP contribution is 2.30. The lowest BCUT2D eigenvalue weighted by atomic mass is 9.94. The number of nitrogens with one attached hydrogen (secondary N) is 1. The number of carbonyl (C=O) groups is 2. The highest BCUT2D eigenvalue weighted by molar-refractivity contribution is 9.10. The van der Waals surface area contributed by atoms with Gasteiger partial charge in [-0.05, 0) is 42.2 Å². The van der Waals surface area contributed by atoms with Gasteiger partial charge in [-0.2, -0.15) is 0 Å². The Morgan fingerprint density at radius 2 is 1.51 bits per heavy atom. The van der Waals surface area contributed by atoms with E-state index in [1.807, 2.05) is 84.9 Å². The van der Waals surface area contributed by atoms with Crippen LogP contribution < -0.4 is 5.32 Å². The van der Waals surface area contributed by atoms with Crippen LogP contribution in [0.5, 0.6) is 0 Å². The summed E-state index contributed by atoms with van der Waals surface area (Å²) in [6, 6.07) is 26.0. The van der Waals surface area contributed by atoms with E-state index in [0.717, 1.165) is 46.8 Å². The Kier molecular flexibility index (Phi) is 8.75. The minimum atomic E-state index is -0.815. The van der Waals surface area contributed by atoms with Crippen molar-refractivity contribution in [3.63, 3.8) is 0 Å². The number of amides is 2. The molecule has 2 amide bonds. The number of hydrogen-bond donors (Lipinski definition) is 1. The third-order valence-electron chi connectivity index (χ3n) is 6.26. The van der Waals surface area contributed by atoms with Crippen molar-refractivity contribution in [1.82, 2.24) is 10.2 Å². The second kappa shape index (κ2) is 12.4. The zero-order valence-electron chi connectivity index (χ0n) is 19.6. The van der Waals surface area contributed by atoms with Crippen LogP contribution >= 0.6 is 15.9 Å². The van der Waals surface area contributed by atoms with E-state index in [1.54, 1.807) is 4.90 Å². The van der Waals surface area contributed by atoms with E-state index in [1.165, 1.54) is 6.42 Å². The Morgan fingerprint density at radius 3 is 2.20 bits per heavy atom. The molecule has 1 atom stereocenters. The fourth-order valence-corrected chi connectivity index (χ4v) is 4.96. The van der Waals surface area contributed by atoms with Gasteiger partial charge >= 0.3 is 0 Å². The molecule has 0 spiro atoms. The van der Waals surface area contributed by atoms with Gasteiger partial charge in [-0.3, -0.25) is 9.59 Å². The number of halogens is 1. The predicted molar refractivity (Wildman–Crippen MR) is 142 cm³/mol. The van der Waals surface area contributed by atoms with Crippen molar-refractivity contribution < 1.29 is 9.59 Å².